The van der Waals surface area contributed by atoms with E-state index < -0.39 is 17.0 Å². The van der Waals surface area contributed by atoms with Crippen molar-refractivity contribution in [1.29, 1.82) is 5.26 Å². The second-order valence-corrected chi connectivity index (χ2v) is 3.59. The third-order valence-electron chi connectivity index (χ3n) is 2.04. The monoisotopic (exact) mass is 196 g/mol. The summed E-state index contributed by atoms with van der Waals surface area (Å²) in [5, 5.41) is 8.78. The van der Waals surface area contributed by atoms with Crippen molar-refractivity contribution in [2.75, 3.05) is 5.73 Å². The maximum atomic E-state index is 13.3. The molecule has 0 aliphatic carbocycles. The normalized spacial score (nSPS) is 11.1. The molecule has 0 amide bonds. The van der Waals surface area contributed by atoms with E-state index in [1.54, 1.807) is 13.8 Å². The van der Waals surface area contributed by atoms with Crippen LogP contribution < -0.4 is 5.73 Å². The first-order chi connectivity index (χ1) is 6.38. The SMILES string of the molecule is CC(C)(C#N)c1cc(N)c(F)cc1F. The van der Waals surface area contributed by atoms with Gasteiger partial charge in [-0.3, -0.25) is 0 Å². The van der Waals surface area contributed by atoms with E-state index in [1.165, 1.54) is 0 Å². The van der Waals surface area contributed by atoms with Crippen LogP contribution in [0.3, 0.4) is 0 Å². The van der Waals surface area contributed by atoms with Crippen molar-refractivity contribution in [2.24, 2.45) is 0 Å². The van der Waals surface area contributed by atoms with Gasteiger partial charge >= 0.3 is 0 Å². The molecule has 2 N–H and O–H groups in total. The summed E-state index contributed by atoms with van der Waals surface area (Å²) in [5.41, 5.74) is 4.24. The molecule has 0 fully saturated rings. The van der Waals surface area contributed by atoms with Crippen molar-refractivity contribution in [1.82, 2.24) is 0 Å². The maximum Gasteiger partial charge on any atom is 0.149 e. The first-order valence-corrected chi connectivity index (χ1v) is 4.04. The summed E-state index contributed by atoms with van der Waals surface area (Å²) in [4.78, 5) is 0. The highest BCUT2D eigenvalue weighted by Crippen LogP contribution is 2.28. The Hall–Kier alpha value is -1.63. The molecule has 0 saturated carbocycles. The van der Waals surface area contributed by atoms with Crippen molar-refractivity contribution < 1.29 is 8.78 Å². The Labute approximate surface area is 81.0 Å². The van der Waals surface area contributed by atoms with Crippen LogP contribution in [-0.4, -0.2) is 0 Å². The molecule has 0 aromatic heterocycles. The van der Waals surface area contributed by atoms with Gasteiger partial charge in [0, 0.05) is 11.6 Å². The van der Waals surface area contributed by atoms with Gasteiger partial charge in [-0.1, -0.05) is 0 Å². The van der Waals surface area contributed by atoms with Crippen LogP contribution in [0.4, 0.5) is 14.5 Å². The average molecular weight is 196 g/mol. The highest BCUT2D eigenvalue weighted by molar-refractivity contribution is 5.47. The van der Waals surface area contributed by atoms with Crippen molar-refractivity contribution in [3.8, 4) is 6.07 Å². The van der Waals surface area contributed by atoms with Gasteiger partial charge in [-0.2, -0.15) is 5.26 Å². The Morgan fingerprint density at radius 1 is 1.29 bits per heavy atom. The van der Waals surface area contributed by atoms with Crippen LogP contribution in [0.2, 0.25) is 0 Å². The number of hydrogen-bond donors (Lipinski definition) is 1. The van der Waals surface area contributed by atoms with Crippen LogP contribution in [0.5, 0.6) is 0 Å². The highest BCUT2D eigenvalue weighted by atomic mass is 19.1. The van der Waals surface area contributed by atoms with Gasteiger partial charge in [0.05, 0.1) is 17.2 Å². The van der Waals surface area contributed by atoms with Gasteiger partial charge in [-0.15, -0.1) is 0 Å². The number of hydrogen-bond acceptors (Lipinski definition) is 2. The van der Waals surface area contributed by atoms with E-state index in [0.717, 1.165) is 6.07 Å². The summed E-state index contributed by atoms with van der Waals surface area (Å²) < 4.78 is 26.1. The van der Waals surface area contributed by atoms with Gasteiger partial charge < -0.3 is 5.73 Å². The third kappa shape index (κ3) is 1.67. The van der Waals surface area contributed by atoms with Crippen molar-refractivity contribution in [3.63, 3.8) is 0 Å². The Bertz CT molecular complexity index is 405. The zero-order valence-electron chi connectivity index (χ0n) is 7.94. The zero-order valence-corrected chi connectivity index (χ0v) is 7.94. The third-order valence-corrected chi connectivity index (χ3v) is 2.04. The molecule has 0 saturated heterocycles. The van der Waals surface area contributed by atoms with Crippen LogP contribution >= 0.6 is 0 Å². The number of rotatable bonds is 1. The van der Waals surface area contributed by atoms with Crippen LogP contribution in [0.1, 0.15) is 19.4 Å². The average Bonchev–Trinajstić information content (AvgIpc) is 2.11. The van der Waals surface area contributed by atoms with Gasteiger partial charge in [0.1, 0.15) is 11.6 Å². The maximum absolute atomic E-state index is 13.3. The number of nitrogens with zero attached hydrogens (tertiary/aromatic N) is 1. The summed E-state index contributed by atoms with van der Waals surface area (Å²) in [5.74, 6) is -1.55. The molecule has 0 unspecified atom stereocenters. The summed E-state index contributed by atoms with van der Waals surface area (Å²) in [7, 11) is 0. The summed E-state index contributed by atoms with van der Waals surface area (Å²) in [6.45, 7) is 3.09. The molecule has 1 aromatic carbocycles. The predicted octanol–water partition coefficient (Wildman–Crippen LogP) is 2.35. The number of nitriles is 1. The standard InChI is InChI=1S/C10H10F2N2/c1-10(2,5-13)6-3-9(14)8(12)4-7(6)11/h3-4H,14H2,1-2H3. The van der Waals surface area contributed by atoms with Crippen molar-refractivity contribution in [3.05, 3.63) is 29.3 Å². The molecule has 0 heterocycles. The second kappa shape index (κ2) is 3.26. The Kier molecular flexibility index (Phi) is 2.43. The molecular weight excluding hydrogens is 186 g/mol. The van der Waals surface area contributed by atoms with Gasteiger partial charge in [0.15, 0.2) is 0 Å². The quantitative estimate of drug-likeness (QED) is 0.701. The molecule has 2 nitrogen and oxygen atoms in total. The molecule has 0 aliphatic heterocycles. The van der Waals surface area contributed by atoms with Gasteiger partial charge in [0.25, 0.3) is 0 Å². The zero-order chi connectivity index (χ0) is 10.9. The second-order valence-electron chi connectivity index (χ2n) is 3.59. The first-order valence-electron chi connectivity index (χ1n) is 4.04. The predicted molar refractivity (Wildman–Crippen MR) is 49.4 cm³/mol. The topological polar surface area (TPSA) is 49.8 Å². The number of nitrogens with two attached hydrogens (primary N) is 1. The lowest BCUT2D eigenvalue weighted by atomic mass is 9.85. The summed E-state index contributed by atoms with van der Waals surface area (Å²) in [6.07, 6.45) is 0. The molecule has 74 valence electrons. The molecule has 4 heteroatoms. The summed E-state index contributed by atoms with van der Waals surface area (Å²) in [6, 6.07) is 3.79. The van der Waals surface area contributed by atoms with E-state index >= 15 is 0 Å². The molecule has 0 bridgehead atoms. The van der Waals surface area contributed by atoms with Crippen LogP contribution in [0, 0.1) is 23.0 Å². The summed E-state index contributed by atoms with van der Waals surface area (Å²) >= 11 is 0. The van der Waals surface area contributed by atoms with E-state index in [4.69, 9.17) is 11.0 Å². The fraction of sp³-hybridized carbons (Fsp3) is 0.300. The van der Waals surface area contributed by atoms with E-state index in [1.807, 2.05) is 6.07 Å². The molecule has 1 rings (SSSR count). The number of anilines is 1. The minimum Gasteiger partial charge on any atom is -0.396 e. The first kappa shape index (κ1) is 10.5. The van der Waals surface area contributed by atoms with Crippen LogP contribution in [0.15, 0.2) is 12.1 Å². The fourth-order valence-electron chi connectivity index (χ4n) is 1.10. The molecule has 0 atom stereocenters. The van der Waals surface area contributed by atoms with Gasteiger partial charge in [-0.25, -0.2) is 8.78 Å². The number of nitrogen functional groups attached to an aromatic ring is 1. The lowest BCUT2D eigenvalue weighted by molar-refractivity contribution is 0.545. The molecule has 0 spiro atoms. The largest absolute Gasteiger partial charge is 0.396 e. The molecule has 14 heavy (non-hydrogen) atoms. The van der Waals surface area contributed by atoms with E-state index in [9.17, 15) is 8.78 Å². The van der Waals surface area contributed by atoms with Crippen molar-refractivity contribution in [2.45, 2.75) is 19.3 Å². The minimum absolute atomic E-state index is 0.110. The smallest absolute Gasteiger partial charge is 0.149 e. The number of benzene rings is 1. The van der Waals surface area contributed by atoms with Crippen molar-refractivity contribution >= 4 is 5.69 Å². The Balaban J connectivity index is 3.38. The lowest BCUT2D eigenvalue weighted by Gasteiger charge is -2.17. The Morgan fingerprint density at radius 3 is 2.36 bits per heavy atom. The molecule has 0 radical (unpaired) electrons. The van der Waals surface area contributed by atoms with E-state index in [-0.39, 0.29) is 11.3 Å². The molecule has 0 aliphatic rings. The lowest BCUT2D eigenvalue weighted by Crippen LogP contribution is -2.17. The van der Waals surface area contributed by atoms with Crippen LogP contribution in [-0.2, 0) is 5.41 Å². The molecular formula is C10H10F2N2. The van der Waals surface area contributed by atoms with Gasteiger partial charge in [-0.05, 0) is 19.9 Å². The number of halogens is 2. The fourth-order valence-corrected chi connectivity index (χ4v) is 1.10. The van der Waals surface area contributed by atoms with Crippen LogP contribution in [0.25, 0.3) is 0 Å². The van der Waals surface area contributed by atoms with E-state index in [0.29, 0.717) is 6.07 Å². The van der Waals surface area contributed by atoms with Gasteiger partial charge in [0.2, 0.25) is 0 Å². The highest BCUT2D eigenvalue weighted by Gasteiger charge is 2.24. The minimum atomic E-state index is -1.01. The van der Waals surface area contributed by atoms with E-state index in [2.05, 4.69) is 0 Å². The molecule has 1 aromatic rings. The Morgan fingerprint density at radius 2 is 1.86 bits per heavy atom.